The van der Waals surface area contributed by atoms with Gasteiger partial charge in [0.2, 0.25) is 0 Å². The molecule has 2 aliphatic heterocycles. The van der Waals surface area contributed by atoms with E-state index in [-0.39, 0.29) is 0 Å². The van der Waals surface area contributed by atoms with Crippen molar-refractivity contribution >= 4 is 0 Å². The van der Waals surface area contributed by atoms with Gasteiger partial charge in [0.1, 0.15) is 0 Å². The van der Waals surface area contributed by atoms with E-state index in [9.17, 15) is 0 Å². The van der Waals surface area contributed by atoms with Gasteiger partial charge in [0.05, 0.1) is 12.2 Å². The second-order valence-electron chi connectivity index (χ2n) is 9.07. The Balaban J connectivity index is 1.16. The largest absolute Gasteiger partial charge is 0.375 e. The second-order valence-corrected chi connectivity index (χ2v) is 9.07. The molecule has 23 heavy (non-hydrogen) atoms. The number of piperidine rings is 1. The Morgan fingerprint density at radius 3 is 2.09 bits per heavy atom. The van der Waals surface area contributed by atoms with Gasteiger partial charge in [-0.3, -0.25) is 5.84 Å². The van der Waals surface area contributed by atoms with Crippen molar-refractivity contribution in [1.82, 2.24) is 9.91 Å². The third-order valence-electron chi connectivity index (χ3n) is 7.26. The third kappa shape index (κ3) is 3.60. The van der Waals surface area contributed by atoms with Gasteiger partial charge in [0.15, 0.2) is 0 Å². The van der Waals surface area contributed by atoms with E-state index in [2.05, 4.69) is 11.8 Å². The Morgan fingerprint density at radius 1 is 0.957 bits per heavy atom. The number of hydrogen-bond donors (Lipinski definition) is 1. The zero-order valence-corrected chi connectivity index (χ0v) is 14.9. The molecule has 2 saturated carbocycles. The average Bonchev–Trinajstić information content (AvgIpc) is 3.30. The summed E-state index contributed by atoms with van der Waals surface area (Å²) < 4.78 is 6.47. The zero-order valence-electron chi connectivity index (χ0n) is 14.9. The minimum atomic E-state index is 0.523. The summed E-state index contributed by atoms with van der Waals surface area (Å²) in [7, 11) is 0. The number of nitrogens with zero attached hydrogens (tertiary/aromatic N) is 2. The molecule has 4 fully saturated rings. The maximum atomic E-state index is 6.47. The van der Waals surface area contributed by atoms with Crippen molar-refractivity contribution in [1.29, 1.82) is 0 Å². The maximum absolute atomic E-state index is 6.47. The van der Waals surface area contributed by atoms with Gasteiger partial charge in [-0.15, -0.1) is 0 Å². The van der Waals surface area contributed by atoms with E-state index in [0.717, 1.165) is 13.1 Å². The summed E-state index contributed by atoms with van der Waals surface area (Å²) in [6.07, 6.45) is 13.0. The molecule has 0 aromatic heterocycles. The summed E-state index contributed by atoms with van der Waals surface area (Å²) in [6.45, 7) is 8.44. The van der Waals surface area contributed by atoms with E-state index in [0.29, 0.717) is 23.0 Å². The minimum Gasteiger partial charge on any atom is -0.375 e. The topological polar surface area (TPSA) is 41.7 Å². The summed E-state index contributed by atoms with van der Waals surface area (Å²) >= 11 is 0. The molecule has 0 aromatic rings. The molecule has 2 N–H and O–H groups in total. The predicted molar refractivity (Wildman–Crippen MR) is 93.0 cm³/mol. The predicted octanol–water partition coefficient (Wildman–Crippen LogP) is 2.78. The van der Waals surface area contributed by atoms with Crippen LogP contribution in [0.2, 0.25) is 0 Å². The van der Waals surface area contributed by atoms with Gasteiger partial charge >= 0.3 is 0 Å². The molecule has 4 aliphatic rings. The van der Waals surface area contributed by atoms with Crippen molar-refractivity contribution in [2.75, 3.05) is 32.7 Å². The first-order valence-electron chi connectivity index (χ1n) is 9.98. The highest BCUT2D eigenvalue weighted by Gasteiger charge is 2.45. The molecular weight excluding hydrogens is 286 g/mol. The quantitative estimate of drug-likeness (QED) is 0.791. The molecular formula is C19H35N3O. The molecule has 0 aromatic carbocycles. The van der Waals surface area contributed by atoms with Crippen LogP contribution in [0.25, 0.3) is 0 Å². The highest BCUT2D eigenvalue weighted by atomic mass is 16.5. The van der Waals surface area contributed by atoms with Crippen LogP contribution in [0.4, 0.5) is 0 Å². The van der Waals surface area contributed by atoms with Crippen molar-refractivity contribution in [3.63, 3.8) is 0 Å². The van der Waals surface area contributed by atoms with Gasteiger partial charge < -0.3 is 9.64 Å². The van der Waals surface area contributed by atoms with Crippen molar-refractivity contribution in [3.8, 4) is 0 Å². The van der Waals surface area contributed by atoms with E-state index >= 15 is 0 Å². The summed E-state index contributed by atoms with van der Waals surface area (Å²) in [5, 5.41) is 1.97. The van der Waals surface area contributed by atoms with Crippen LogP contribution in [0.1, 0.15) is 64.7 Å². The number of likely N-dealkylation sites (tertiary alicyclic amines) is 1. The number of hydrogen-bond acceptors (Lipinski definition) is 4. The number of rotatable bonds is 5. The van der Waals surface area contributed by atoms with Crippen LogP contribution in [0.15, 0.2) is 0 Å². The SMILES string of the molecule is CCC1(CN2CCC(OC3CCC4(CC3)CN(N)C4)CC2)CC1. The summed E-state index contributed by atoms with van der Waals surface area (Å²) in [4.78, 5) is 2.70. The van der Waals surface area contributed by atoms with Crippen molar-refractivity contribution < 1.29 is 4.74 Å². The monoisotopic (exact) mass is 321 g/mol. The average molecular weight is 322 g/mol. The molecule has 2 aliphatic carbocycles. The Kier molecular flexibility index (Phi) is 4.46. The van der Waals surface area contributed by atoms with E-state index in [1.807, 2.05) is 5.01 Å². The lowest BCUT2D eigenvalue weighted by Gasteiger charge is -2.52. The van der Waals surface area contributed by atoms with Crippen LogP contribution in [-0.2, 0) is 4.74 Å². The fourth-order valence-corrected chi connectivity index (χ4v) is 5.22. The van der Waals surface area contributed by atoms with Crippen LogP contribution < -0.4 is 5.84 Å². The lowest BCUT2D eigenvalue weighted by molar-refractivity contribution is -0.101. The van der Waals surface area contributed by atoms with E-state index in [4.69, 9.17) is 10.6 Å². The molecule has 2 heterocycles. The standard InChI is InChI=1S/C19H35N3O/c1-2-18(9-10-18)13-21-11-5-17(6-12-21)23-16-3-7-19(8-4-16)14-22(20)15-19/h16-17H,2-15,20H2,1H3. The van der Waals surface area contributed by atoms with Gasteiger partial charge in [-0.2, -0.15) is 0 Å². The highest BCUT2D eigenvalue weighted by Crippen LogP contribution is 2.49. The van der Waals surface area contributed by atoms with Crippen molar-refractivity contribution in [2.24, 2.45) is 16.7 Å². The Bertz CT molecular complexity index is 399. The molecule has 0 atom stereocenters. The molecule has 0 bridgehead atoms. The third-order valence-corrected chi connectivity index (χ3v) is 7.26. The molecule has 4 heteroatoms. The van der Waals surface area contributed by atoms with Crippen molar-refractivity contribution in [3.05, 3.63) is 0 Å². The summed E-state index contributed by atoms with van der Waals surface area (Å²) in [6, 6.07) is 0. The van der Waals surface area contributed by atoms with E-state index < -0.39 is 0 Å². The van der Waals surface area contributed by atoms with Crippen LogP contribution >= 0.6 is 0 Å². The maximum Gasteiger partial charge on any atom is 0.0603 e. The minimum absolute atomic E-state index is 0.523. The van der Waals surface area contributed by atoms with Gasteiger partial charge in [-0.25, -0.2) is 5.01 Å². The van der Waals surface area contributed by atoms with Crippen LogP contribution in [0.5, 0.6) is 0 Å². The lowest BCUT2D eigenvalue weighted by atomic mass is 9.68. The molecule has 0 amide bonds. The lowest BCUT2D eigenvalue weighted by Crippen LogP contribution is -2.60. The Labute approximate surface area is 141 Å². The second kappa shape index (κ2) is 6.29. The molecule has 0 radical (unpaired) electrons. The Morgan fingerprint density at radius 2 is 1.57 bits per heavy atom. The normalized spacial score (nSPS) is 32.1. The zero-order chi connectivity index (χ0) is 15.9. The molecule has 4 nitrogen and oxygen atoms in total. The van der Waals surface area contributed by atoms with E-state index in [1.54, 1.807) is 0 Å². The van der Waals surface area contributed by atoms with Crippen LogP contribution in [0, 0.1) is 10.8 Å². The molecule has 1 spiro atoms. The highest BCUT2D eigenvalue weighted by molar-refractivity contribution is 4.97. The fourth-order valence-electron chi connectivity index (χ4n) is 5.22. The molecule has 2 saturated heterocycles. The summed E-state index contributed by atoms with van der Waals surface area (Å²) in [5.41, 5.74) is 1.25. The molecule has 4 rings (SSSR count). The first kappa shape index (κ1) is 16.3. The van der Waals surface area contributed by atoms with E-state index in [1.165, 1.54) is 77.4 Å². The van der Waals surface area contributed by atoms with Gasteiger partial charge in [-0.1, -0.05) is 6.92 Å². The summed E-state index contributed by atoms with van der Waals surface area (Å²) in [5.74, 6) is 5.84. The number of hydrazine groups is 1. The van der Waals surface area contributed by atoms with Crippen molar-refractivity contribution in [2.45, 2.75) is 76.9 Å². The molecule has 132 valence electrons. The fraction of sp³-hybridized carbons (Fsp3) is 1.00. The van der Waals surface area contributed by atoms with Gasteiger partial charge in [0.25, 0.3) is 0 Å². The Hall–Kier alpha value is -0.160. The van der Waals surface area contributed by atoms with Crippen LogP contribution in [0.3, 0.4) is 0 Å². The number of nitrogens with two attached hydrogens (primary N) is 1. The first-order chi connectivity index (χ1) is 11.1. The van der Waals surface area contributed by atoms with Gasteiger partial charge in [-0.05, 0) is 68.6 Å². The smallest absolute Gasteiger partial charge is 0.0603 e. The van der Waals surface area contributed by atoms with Crippen LogP contribution in [-0.4, -0.2) is 54.8 Å². The molecule has 0 unspecified atom stereocenters. The number of ether oxygens (including phenoxy) is 1. The first-order valence-corrected chi connectivity index (χ1v) is 9.98. The van der Waals surface area contributed by atoms with Gasteiger partial charge in [0, 0.05) is 32.7 Å².